The van der Waals surface area contributed by atoms with Crippen LogP contribution in [0.5, 0.6) is 0 Å². The average Bonchev–Trinajstić information content (AvgIpc) is 1.83. The number of hydrogen-bond donors (Lipinski definition) is 1. The van der Waals surface area contributed by atoms with Gasteiger partial charge in [-0.25, -0.2) is 4.39 Å². The first-order valence-electron chi connectivity index (χ1n) is 2.24. The number of hydrogen-bond acceptors (Lipinski definition) is 1. The summed E-state index contributed by atoms with van der Waals surface area (Å²) >= 11 is 4.49. The van der Waals surface area contributed by atoms with E-state index >= 15 is 0 Å². The van der Waals surface area contributed by atoms with Crippen molar-refractivity contribution in [3.8, 4) is 0 Å². The molecular weight excluding hydrogens is 125 g/mol. The lowest BCUT2D eigenvalue weighted by Gasteiger charge is -1.96. The Hall–Kier alpha value is -0.440. The van der Waals surface area contributed by atoms with Gasteiger partial charge in [-0.1, -0.05) is 18.3 Å². The molecular formula is C5H8FNS. The van der Waals surface area contributed by atoms with Crippen LogP contribution in [0.15, 0.2) is 12.7 Å². The van der Waals surface area contributed by atoms with Crippen LogP contribution in [0.1, 0.15) is 0 Å². The molecule has 0 spiro atoms. The van der Waals surface area contributed by atoms with Crippen LogP contribution >= 0.6 is 12.2 Å². The molecule has 0 rings (SSSR count). The summed E-state index contributed by atoms with van der Waals surface area (Å²) in [6, 6.07) is 0. The fourth-order valence-corrected chi connectivity index (χ4v) is 0.317. The molecule has 0 saturated heterocycles. The number of alkyl halides is 1. The molecule has 3 heteroatoms. The maximum Gasteiger partial charge on any atom is 0.139 e. The molecule has 0 aliphatic carbocycles. The van der Waals surface area contributed by atoms with Gasteiger partial charge in [0.2, 0.25) is 0 Å². The molecule has 46 valence electrons. The molecule has 0 aromatic heterocycles. The van der Waals surface area contributed by atoms with Gasteiger partial charge >= 0.3 is 0 Å². The quantitative estimate of drug-likeness (QED) is 0.456. The van der Waals surface area contributed by atoms with Crippen molar-refractivity contribution >= 4 is 17.2 Å². The normalized spacial score (nSPS) is 8.12. The molecule has 0 amide bonds. The highest BCUT2D eigenvalue weighted by Crippen LogP contribution is 1.72. The summed E-state index contributed by atoms with van der Waals surface area (Å²) in [5.41, 5.74) is 0. The maximum absolute atomic E-state index is 11.5. The molecule has 0 aromatic carbocycles. The summed E-state index contributed by atoms with van der Waals surface area (Å²) in [6.45, 7) is 3.39. The predicted octanol–water partition coefficient (Wildman–Crippen LogP) is 1.06. The number of halogens is 1. The third-order valence-electron chi connectivity index (χ3n) is 0.565. The first kappa shape index (κ1) is 7.56. The van der Waals surface area contributed by atoms with Crippen LogP contribution in [0.25, 0.3) is 0 Å². The van der Waals surface area contributed by atoms with Crippen LogP contribution < -0.4 is 5.32 Å². The van der Waals surface area contributed by atoms with Gasteiger partial charge in [0.1, 0.15) is 11.7 Å². The van der Waals surface area contributed by atoms with Crippen LogP contribution in [-0.2, 0) is 0 Å². The molecule has 0 heterocycles. The largest absolute Gasteiger partial charge is 0.374 e. The van der Waals surface area contributed by atoms with Crippen molar-refractivity contribution < 1.29 is 4.39 Å². The number of rotatable bonds is 3. The van der Waals surface area contributed by atoms with Crippen LogP contribution in [0.4, 0.5) is 4.39 Å². The lowest BCUT2D eigenvalue weighted by atomic mass is 10.6. The predicted molar refractivity (Wildman–Crippen MR) is 36.8 cm³/mol. The van der Waals surface area contributed by atoms with E-state index in [-0.39, 0.29) is 4.99 Å². The van der Waals surface area contributed by atoms with Gasteiger partial charge in [0.05, 0.1) is 0 Å². The van der Waals surface area contributed by atoms with Gasteiger partial charge in [0.25, 0.3) is 0 Å². The Labute approximate surface area is 53.6 Å². The zero-order valence-corrected chi connectivity index (χ0v) is 5.30. The minimum atomic E-state index is -0.580. The molecule has 0 saturated carbocycles. The van der Waals surface area contributed by atoms with E-state index in [2.05, 4.69) is 24.1 Å². The van der Waals surface area contributed by atoms with Crippen molar-refractivity contribution in [2.45, 2.75) is 0 Å². The van der Waals surface area contributed by atoms with Crippen LogP contribution in [-0.4, -0.2) is 18.2 Å². The molecule has 1 N–H and O–H groups in total. The Morgan fingerprint density at radius 1 is 1.88 bits per heavy atom. The molecule has 1 nitrogen and oxygen atoms in total. The van der Waals surface area contributed by atoms with Crippen molar-refractivity contribution in [2.24, 2.45) is 0 Å². The molecule has 0 bridgehead atoms. The molecule has 0 fully saturated rings. The zero-order valence-electron chi connectivity index (χ0n) is 4.48. The van der Waals surface area contributed by atoms with E-state index in [9.17, 15) is 4.39 Å². The second-order valence-electron chi connectivity index (χ2n) is 1.23. The van der Waals surface area contributed by atoms with Gasteiger partial charge in [-0.05, 0) is 0 Å². The number of thiocarbonyl (C=S) groups is 1. The van der Waals surface area contributed by atoms with E-state index in [1.807, 2.05) is 0 Å². The van der Waals surface area contributed by atoms with E-state index in [0.717, 1.165) is 0 Å². The van der Waals surface area contributed by atoms with Gasteiger partial charge in [0, 0.05) is 6.54 Å². The Balaban J connectivity index is 3.11. The van der Waals surface area contributed by atoms with Crippen molar-refractivity contribution in [2.75, 3.05) is 13.2 Å². The Morgan fingerprint density at radius 2 is 2.50 bits per heavy atom. The SMILES string of the molecule is C=CCNC(=S)CF. The van der Waals surface area contributed by atoms with E-state index in [4.69, 9.17) is 0 Å². The first-order valence-corrected chi connectivity index (χ1v) is 2.65. The Morgan fingerprint density at radius 3 is 2.88 bits per heavy atom. The second kappa shape index (κ2) is 4.71. The highest BCUT2D eigenvalue weighted by Gasteiger charge is 1.87. The summed E-state index contributed by atoms with van der Waals surface area (Å²) in [4.78, 5) is 0.241. The molecule has 0 aromatic rings. The van der Waals surface area contributed by atoms with E-state index < -0.39 is 6.67 Å². The monoisotopic (exact) mass is 133 g/mol. The smallest absolute Gasteiger partial charge is 0.139 e. The zero-order chi connectivity index (χ0) is 6.41. The lowest BCUT2D eigenvalue weighted by Crippen LogP contribution is -2.22. The highest BCUT2D eigenvalue weighted by molar-refractivity contribution is 7.80. The van der Waals surface area contributed by atoms with Gasteiger partial charge in [-0.3, -0.25) is 0 Å². The van der Waals surface area contributed by atoms with Gasteiger partial charge < -0.3 is 5.32 Å². The standard InChI is InChI=1S/C5H8FNS/c1-2-3-7-5(8)4-6/h2H,1,3-4H2,(H,7,8). The second-order valence-corrected chi connectivity index (χ2v) is 1.72. The number of nitrogens with one attached hydrogen (secondary N) is 1. The van der Waals surface area contributed by atoms with E-state index in [0.29, 0.717) is 6.54 Å². The van der Waals surface area contributed by atoms with Gasteiger partial charge in [-0.15, -0.1) is 6.58 Å². The summed E-state index contributed by atoms with van der Waals surface area (Å²) in [7, 11) is 0. The molecule has 0 radical (unpaired) electrons. The third kappa shape index (κ3) is 3.74. The summed E-state index contributed by atoms with van der Waals surface area (Å²) in [5, 5.41) is 2.62. The summed E-state index contributed by atoms with van der Waals surface area (Å²) in [5.74, 6) is 0. The Kier molecular flexibility index (Phi) is 4.45. The van der Waals surface area contributed by atoms with Gasteiger partial charge in [0.15, 0.2) is 0 Å². The van der Waals surface area contributed by atoms with Crippen molar-refractivity contribution in [3.63, 3.8) is 0 Å². The molecule has 0 unspecified atom stereocenters. The molecule has 0 atom stereocenters. The van der Waals surface area contributed by atoms with E-state index in [1.165, 1.54) is 0 Å². The highest BCUT2D eigenvalue weighted by atomic mass is 32.1. The fourth-order valence-electron chi connectivity index (χ4n) is 0.233. The van der Waals surface area contributed by atoms with E-state index in [1.54, 1.807) is 6.08 Å². The summed E-state index contributed by atoms with van der Waals surface area (Å²) < 4.78 is 11.5. The van der Waals surface area contributed by atoms with Gasteiger partial charge in [-0.2, -0.15) is 0 Å². The molecule has 0 aliphatic heterocycles. The Bertz CT molecular complexity index is 92.4. The minimum Gasteiger partial charge on any atom is -0.374 e. The van der Waals surface area contributed by atoms with Crippen LogP contribution in [0, 0.1) is 0 Å². The molecule has 8 heavy (non-hydrogen) atoms. The van der Waals surface area contributed by atoms with Crippen molar-refractivity contribution in [1.29, 1.82) is 0 Å². The third-order valence-corrected chi connectivity index (χ3v) is 0.818. The molecule has 0 aliphatic rings. The maximum atomic E-state index is 11.5. The van der Waals surface area contributed by atoms with Crippen LogP contribution in [0.2, 0.25) is 0 Å². The first-order chi connectivity index (χ1) is 3.81. The minimum absolute atomic E-state index is 0.241. The topological polar surface area (TPSA) is 12.0 Å². The lowest BCUT2D eigenvalue weighted by molar-refractivity contribution is 0.577. The van der Waals surface area contributed by atoms with Crippen molar-refractivity contribution in [1.82, 2.24) is 5.32 Å². The average molecular weight is 133 g/mol. The summed E-state index contributed by atoms with van der Waals surface area (Å²) in [6.07, 6.45) is 1.63. The van der Waals surface area contributed by atoms with Crippen LogP contribution in [0.3, 0.4) is 0 Å². The fraction of sp³-hybridized carbons (Fsp3) is 0.400. The van der Waals surface area contributed by atoms with Crippen molar-refractivity contribution in [3.05, 3.63) is 12.7 Å².